The Morgan fingerprint density at radius 3 is 2.33 bits per heavy atom. The van der Waals surface area contributed by atoms with Gasteiger partial charge < -0.3 is 5.32 Å². The number of rotatable bonds is 2. The van der Waals surface area contributed by atoms with Crippen molar-refractivity contribution in [2.45, 2.75) is 58.5 Å². The number of hydrogen-bond acceptors (Lipinski definition) is 2. The Bertz CT molecular complexity index is 203. The van der Waals surface area contributed by atoms with Crippen LogP contribution < -0.4 is 5.32 Å². The lowest BCUT2D eigenvalue weighted by atomic mass is 9.80. The molecule has 15 heavy (non-hydrogen) atoms. The van der Waals surface area contributed by atoms with Crippen molar-refractivity contribution in [1.29, 1.82) is 0 Å². The van der Waals surface area contributed by atoms with Gasteiger partial charge in [-0.25, -0.2) is 0 Å². The van der Waals surface area contributed by atoms with Crippen molar-refractivity contribution in [3.05, 3.63) is 0 Å². The van der Waals surface area contributed by atoms with Gasteiger partial charge in [-0.2, -0.15) is 0 Å². The fourth-order valence-electron chi connectivity index (χ4n) is 3.24. The highest BCUT2D eigenvalue weighted by molar-refractivity contribution is 4.95. The lowest BCUT2D eigenvalue weighted by Crippen LogP contribution is -2.58. The van der Waals surface area contributed by atoms with E-state index in [1.165, 1.54) is 25.9 Å². The fraction of sp³-hybridized carbons (Fsp3) is 1.00. The molecule has 0 aromatic carbocycles. The number of nitrogens with one attached hydrogen (secondary N) is 1. The monoisotopic (exact) mass is 212 g/mol. The summed E-state index contributed by atoms with van der Waals surface area (Å²) in [6.07, 6.45) is 2.65. The van der Waals surface area contributed by atoms with Crippen LogP contribution in [0.1, 0.15) is 47.5 Å². The molecule has 90 valence electrons. The van der Waals surface area contributed by atoms with Crippen LogP contribution in [0.3, 0.4) is 0 Å². The van der Waals surface area contributed by atoms with Gasteiger partial charge in [0, 0.05) is 11.1 Å². The summed E-state index contributed by atoms with van der Waals surface area (Å²) in [6, 6.07) is 0. The van der Waals surface area contributed by atoms with E-state index in [-0.39, 0.29) is 0 Å². The van der Waals surface area contributed by atoms with Crippen molar-refractivity contribution in [3.63, 3.8) is 0 Å². The molecule has 0 radical (unpaired) electrons. The molecule has 1 aliphatic heterocycles. The number of nitrogens with zero attached hydrogens (tertiary/aromatic N) is 1. The summed E-state index contributed by atoms with van der Waals surface area (Å²) in [5.41, 5.74) is 0.645. The van der Waals surface area contributed by atoms with Gasteiger partial charge in [0.15, 0.2) is 0 Å². The first-order valence-electron chi connectivity index (χ1n) is 6.20. The Morgan fingerprint density at radius 2 is 1.93 bits per heavy atom. The van der Waals surface area contributed by atoms with Crippen molar-refractivity contribution in [3.8, 4) is 0 Å². The van der Waals surface area contributed by atoms with Gasteiger partial charge in [-0.3, -0.25) is 4.90 Å². The number of piperidine rings is 1. The Balaban J connectivity index is 2.66. The lowest BCUT2D eigenvalue weighted by Gasteiger charge is -2.52. The van der Waals surface area contributed by atoms with Gasteiger partial charge in [0.2, 0.25) is 0 Å². The van der Waals surface area contributed by atoms with E-state index < -0.39 is 0 Å². The van der Waals surface area contributed by atoms with Crippen molar-refractivity contribution in [2.75, 3.05) is 20.1 Å². The summed E-state index contributed by atoms with van der Waals surface area (Å²) in [7, 11) is 2.06. The van der Waals surface area contributed by atoms with E-state index in [9.17, 15) is 0 Å². The normalized spacial score (nSPS) is 28.0. The van der Waals surface area contributed by atoms with E-state index in [2.05, 4.69) is 51.9 Å². The van der Waals surface area contributed by atoms with E-state index in [4.69, 9.17) is 0 Å². The van der Waals surface area contributed by atoms with Crippen molar-refractivity contribution in [2.24, 2.45) is 5.92 Å². The minimum Gasteiger partial charge on any atom is -0.319 e. The summed E-state index contributed by atoms with van der Waals surface area (Å²) in [6.45, 7) is 14.2. The first-order valence-corrected chi connectivity index (χ1v) is 6.20. The molecule has 1 heterocycles. The maximum Gasteiger partial charge on any atom is 0.0161 e. The Kier molecular flexibility index (Phi) is 3.83. The van der Waals surface area contributed by atoms with E-state index in [1.54, 1.807) is 0 Å². The molecule has 0 bridgehead atoms. The predicted octanol–water partition coefficient (Wildman–Crippen LogP) is 2.49. The van der Waals surface area contributed by atoms with Crippen molar-refractivity contribution < 1.29 is 0 Å². The summed E-state index contributed by atoms with van der Waals surface area (Å²) in [5, 5.41) is 3.31. The molecule has 0 saturated carbocycles. The van der Waals surface area contributed by atoms with Gasteiger partial charge in [0.05, 0.1) is 0 Å². The molecule has 0 aromatic heterocycles. The molecule has 1 rings (SSSR count). The zero-order chi connectivity index (χ0) is 11.7. The van der Waals surface area contributed by atoms with E-state index in [0.29, 0.717) is 11.1 Å². The van der Waals surface area contributed by atoms with Gasteiger partial charge in [-0.15, -0.1) is 0 Å². The average molecular weight is 212 g/mol. The van der Waals surface area contributed by atoms with Crippen LogP contribution >= 0.6 is 0 Å². The molecule has 1 atom stereocenters. The van der Waals surface area contributed by atoms with Crippen molar-refractivity contribution in [1.82, 2.24) is 10.2 Å². The highest BCUT2D eigenvalue weighted by Gasteiger charge is 2.39. The topological polar surface area (TPSA) is 15.3 Å². The molecule has 0 spiro atoms. The molecule has 1 aliphatic rings. The van der Waals surface area contributed by atoms with Gasteiger partial charge in [0.25, 0.3) is 0 Å². The van der Waals surface area contributed by atoms with Crippen LogP contribution in [-0.4, -0.2) is 36.1 Å². The first-order chi connectivity index (χ1) is 6.77. The van der Waals surface area contributed by atoms with Crippen LogP contribution in [0.5, 0.6) is 0 Å². The largest absolute Gasteiger partial charge is 0.319 e. The zero-order valence-corrected chi connectivity index (χ0v) is 11.4. The first kappa shape index (κ1) is 13.0. The molecule has 2 heteroatoms. The second-order valence-corrected chi connectivity index (χ2v) is 6.55. The molecule has 0 aliphatic carbocycles. The van der Waals surface area contributed by atoms with Gasteiger partial charge >= 0.3 is 0 Å². The second-order valence-electron chi connectivity index (χ2n) is 6.55. The molecule has 1 unspecified atom stereocenters. The molecule has 1 fully saturated rings. The van der Waals surface area contributed by atoms with Gasteiger partial charge in [-0.05, 0) is 73.5 Å². The van der Waals surface area contributed by atoms with E-state index in [1.807, 2.05) is 0 Å². The van der Waals surface area contributed by atoms with Gasteiger partial charge in [0.1, 0.15) is 0 Å². The molecular weight excluding hydrogens is 184 g/mol. The smallest absolute Gasteiger partial charge is 0.0161 e. The minimum atomic E-state index is 0.300. The van der Waals surface area contributed by atoms with Crippen LogP contribution in [0.25, 0.3) is 0 Å². The second kappa shape index (κ2) is 4.42. The van der Waals surface area contributed by atoms with Crippen molar-refractivity contribution >= 4 is 0 Å². The zero-order valence-electron chi connectivity index (χ0n) is 11.4. The summed E-state index contributed by atoms with van der Waals surface area (Å²) in [5.74, 6) is 0.851. The Morgan fingerprint density at radius 1 is 1.33 bits per heavy atom. The molecule has 1 saturated heterocycles. The predicted molar refractivity (Wildman–Crippen MR) is 67.2 cm³/mol. The van der Waals surface area contributed by atoms with Gasteiger partial charge in [-0.1, -0.05) is 0 Å². The van der Waals surface area contributed by atoms with Crippen LogP contribution in [0.4, 0.5) is 0 Å². The standard InChI is InChI=1S/C13H28N2/c1-12(2,3)15-8-7-11(10-14-6)9-13(15,4)5/h11,14H,7-10H2,1-6H3. The maximum absolute atomic E-state index is 3.31. The van der Waals surface area contributed by atoms with Crippen LogP contribution in [0, 0.1) is 5.92 Å². The molecule has 0 aromatic rings. The highest BCUT2D eigenvalue weighted by Crippen LogP contribution is 2.35. The summed E-state index contributed by atoms with van der Waals surface area (Å²) >= 11 is 0. The lowest BCUT2D eigenvalue weighted by molar-refractivity contribution is -0.0220. The molecule has 0 amide bonds. The third kappa shape index (κ3) is 3.18. The molecular formula is C13H28N2. The third-order valence-electron chi connectivity index (χ3n) is 3.58. The van der Waals surface area contributed by atoms with E-state index >= 15 is 0 Å². The maximum atomic E-state index is 3.31. The SMILES string of the molecule is CNCC1CCN(C(C)(C)C)C(C)(C)C1. The van der Waals surface area contributed by atoms with Crippen LogP contribution in [0.15, 0.2) is 0 Å². The number of likely N-dealkylation sites (tertiary alicyclic amines) is 1. The summed E-state index contributed by atoms with van der Waals surface area (Å²) in [4.78, 5) is 2.66. The van der Waals surface area contributed by atoms with Crippen LogP contribution in [-0.2, 0) is 0 Å². The minimum absolute atomic E-state index is 0.300. The number of hydrogen-bond donors (Lipinski definition) is 1. The Hall–Kier alpha value is -0.0800. The third-order valence-corrected chi connectivity index (χ3v) is 3.58. The van der Waals surface area contributed by atoms with E-state index in [0.717, 1.165) is 5.92 Å². The highest BCUT2D eigenvalue weighted by atomic mass is 15.2. The summed E-state index contributed by atoms with van der Waals surface area (Å²) < 4.78 is 0. The molecule has 2 nitrogen and oxygen atoms in total. The average Bonchev–Trinajstić information content (AvgIpc) is 1.99. The quantitative estimate of drug-likeness (QED) is 0.756. The molecule has 1 N–H and O–H groups in total. The Labute approximate surface area is 95.4 Å². The van der Waals surface area contributed by atoms with Crippen LogP contribution in [0.2, 0.25) is 0 Å². The fourth-order valence-corrected chi connectivity index (χ4v) is 3.24.